The summed E-state index contributed by atoms with van der Waals surface area (Å²) in [6.45, 7) is 3.93. The average Bonchev–Trinajstić information content (AvgIpc) is 3.17. The Bertz CT molecular complexity index is 784. The summed E-state index contributed by atoms with van der Waals surface area (Å²) < 4.78 is 0. The smallest absolute Gasteiger partial charge is 0.255 e. The Morgan fingerprint density at radius 3 is 2.35 bits per heavy atom. The van der Waals surface area contributed by atoms with Gasteiger partial charge in [0, 0.05) is 36.4 Å². The lowest BCUT2D eigenvalue weighted by atomic mass is 10.0. The first-order valence-corrected chi connectivity index (χ1v) is 8.59. The molecule has 1 saturated heterocycles. The summed E-state index contributed by atoms with van der Waals surface area (Å²) in [6.07, 6.45) is 2.11. The molecule has 0 unspecified atom stereocenters. The summed E-state index contributed by atoms with van der Waals surface area (Å²) >= 11 is 0. The van der Waals surface area contributed by atoms with E-state index in [-0.39, 0.29) is 24.2 Å². The first-order valence-electron chi connectivity index (χ1n) is 8.59. The Kier molecular flexibility index (Phi) is 6.77. The SMILES string of the molecule is Cc1c(NC(=O)c2ccc(CN)cc2)cccc1C(=O)N1CCCC1.Cl. The highest BCUT2D eigenvalue weighted by atomic mass is 35.5. The van der Waals surface area contributed by atoms with Gasteiger partial charge >= 0.3 is 0 Å². The molecule has 6 heteroatoms. The molecule has 1 heterocycles. The zero-order valence-electron chi connectivity index (χ0n) is 14.8. The number of nitrogens with two attached hydrogens (primary N) is 1. The van der Waals surface area contributed by atoms with Crippen LogP contribution in [-0.2, 0) is 6.54 Å². The zero-order chi connectivity index (χ0) is 17.8. The minimum atomic E-state index is -0.197. The Morgan fingerprint density at radius 2 is 1.73 bits per heavy atom. The molecular weight excluding hydrogens is 350 g/mol. The van der Waals surface area contributed by atoms with Gasteiger partial charge in [0.2, 0.25) is 0 Å². The van der Waals surface area contributed by atoms with Crippen LogP contribution in [0.5, 0.6) is 0 Å². The van der Waals surface area contributed by atoms with Crippen LogP contribution in [0.25, 0.3) is 0 Å². The molecule has 3 N–H and O–H groups in total. The van der Waals surface area contributed by atoms with Crippen molar-refractivity contribution in [2.75, 3.05) is 18.4 Å². The van der Waals surface area contributed by atoms with Crippen molar-refractivity contribution in [2.24, 2.45) is 5.73 Å². The highest BCUT2D eigenvalue weighted by Gasteiger charge is 2.22. The second-order valence-electron chi connectivity index (χ2n) is 6.33. The number of hydrogen-bond donors (Lipinski definition) is 2. The molecule has 0 radical (unpaired) electrons. The van der Waals surface area contributed by atoms with Crippen LogP contribution in [0.15, 0.2) is 42.5 Å². The lowest BCUT2D eigenvalue weighted by Crippen LogP contribution is -2.28. The third-order valence-electron chi connectivity index (χ3n) is 4.66. The van der Waals surface area contributed by atoms with E-state index in [9.17, 15) is 9.59 Å². The van der Waals surface area contributed by atoms with E-state index >= 15 is 0 Å². The van der Waals surface area contributed by atoms with E-state index < -0.39 is 0 Å². The quantitative estimate of drug-likeness (QED) is 0.862. The second kappa shape index (κ2) is 8.83. The predicted octanol–water partition coefficient (Wildman–Crippen LogP) is 3.36. The Hall–Kier alpha value is -2.37. The first-order chi connectivity index (χ1) is 12.1. The van der Waals surface area contributed by atoms with Gasteiger partial charge in [-0.15, -0.1) is 12.4 Å². The second-order valence-corrected chi connectivity index (χ2v) is 6.33. The third kappa shape index (κ3) is 4.23. The van der Waals surface area contributed by atoms with Crippen LogP contribution in [0.1, 0.15) is 44.7 Å². The molecular formula is C20H24ClN3O2. The number of anilines is 1. The highest BCUT2D eigenvalue weighted by Crippen LogP contribution is 2.23. The van der Waals surface area contributed by atoms with E-state index in [2.05, 4.69) is 5.32 Å². The number of carbonyl (C=O) groups is 2. The predicted molar refractivity (Wildman–Crippen MR) is 106 cm³/mol. The fraction of sp³-hybridized carbons (Fsp3) is 0.300. The van der Waals surface area contributed by atoms with E-state index in [1.807, 2.05) is 42.2 Å². The van der Waals surface area contributed by atoms with Gasteiger partial charge in [0.05, 0.1) is 0 Å². The van der Waals surface area contributed by atoms with Gasteiger partial charge < -0.3 is 16.0 Å². The zero-order valence-corrected chi connectivity index (χ0v) is 15.6. The molecule has 0 spiro atoms. The van der Waals surface area contributed by atoms with Crippen molar-refractivity contribution < 1.29 is 9.59 Å². The van der Waals surface area contributed by atoms with Crippen molar-refractivity contribution in [3.8, 4) is 0 Å². The highest BCUT2D eigenvalue weighted by molar-refractivity contribution is 6.06. The molecule has 26 heavy (non-hydrogen) atoms. The van der Waals surface area contributed by atoms with E-state index in [1.165, 1.54) is 0 Å². The molecule has 1 aliphatic rings. The number of halogens is 1. The van der Waals surface area contributed by atoms with Crippen LogP contribution in [-0.4, -0.2) is 29.8 Å². The largest absolute Gasteiger partial charge is 0.339 e. The number of benzene rings is 2. The lowest BCUT2D eigenvalue weighted by molar-refractivity contribution is 0.0791. The summed E-state index contributed by atoms with van der Waals surface area (Å²) in [4.78, 5) is 27.0. The molecule has 138 valence electrons. The van der Waals surface area contributed by atoms with E-state index in [0.29, 0.717) is 23.4 Å². The number of amides is 2. The molecule has 0 aliphatic carbocycles. The van der Waals surface area contributed by atoms with Crippen molar-refractivity contribution in [2.45, 2.75) is 26.3 Å². The van der Waals surface area contributed by atoms with Gasteiger partial charge in [0.1, 0.15) is 0 Å². The summed E-state index contributed by atoms with van der Waals surface area (Å²) in [5, 5.41) is 2.91. The molecule has 1 fully saturated rings. The van der Waals surface area contributed by atoms with E-state index in [1.54, 1.807) is 12.1 Å². The molecule has 3 rings (SSSR count). The molecule has 0 aromatic heterocycles. The number of hydrogen-bond acceptors (Lipinski definition) is 3. The summed E-state index contributed by atoms with van der Waals surface area (Å²) in [5.74, 6) is -0.157. The Morgan fingerprint density at radius 1 is 1.08 bits per heavy atom. The standard InChI is InChI=1S/C20H23N3O2.ClH/c1-14-17(20(25)23-11-2-3-12-23)5-4-6-18(14)22-19(24)16-9-7-15(13-21)8-10-16;/h4-10H,2-3,11-13,21H2,1H3,(H,22,24);1H. The summed E-state index contributed by atoms with van der Waals surface area (Å²) in [7, 11) is 0. The van der Waals surface area contributed by atoms with Crippen LogP contribution >= 0.6 is 12.4 Å². The molecule has 5 nitrogen and oxygen atoms in total. The number of likely N-dealkylation sites (tertiary alicyclic amines) is 1. The van der Waals surface area contributed by atoms with Gasteiger partial charge in [-0.05, 0) is 55.2 Å². The molecule has 2 aromatic carbocycles. The fourth-order valence-electron chi connectivity index (χ4n) is 3.08. The Balaban J connectivity index is 0.00000243. The van der Waals surface area contributed by atoms with Crippen molar-refractivity contribution in [3.63, 3.8) is 0 Å². The summed E-state index contributed by atoms with van der Waals surface area (Å²) in [6, 6.07) is 12.6. The maximum absolute atomic E-state index is 12.6. The van der Waals surface area contributed by atoms with Crippen molar-refractivity contribution >= 4 is 29.9 Å². The van der Waals surface area contributed by atoms with Crippen LogP contribution in [0, 0.1) is 6.92 Å². The minimum Gasteiger partial charge on any atom is -0.339 e. The maximum atomic E-state index is 12.6. The van der Waals surface area contributed by atoms with Gasteiger partial charge in [0.15, 0.2) is 0 Å². The van der Waals surface area contributed by atoms with Crippen LogP contribution in [0.2, 0.25) is 0 Å². The minimum absolute atomic E-state index is 0. The number of carbonyl (C=O) groups excluding carboxylic acids is 2. The lowest BCUT2D eigenvalue weighted by Gasteiger charge is -2.18. The van der Waals surface area contributed by atoms with Gasteiger partial charge in [0.25, 0.3) is 11.8 Å². The molecule has 0 atom stereocenters. The Labute approximate surface area is 160 Å². The number of nitrogens with one attached hydrogen (secondary N) is 1. The van der Waals surface area contributed by atoms with Crippen molar-refractivity contribution in [1.82, 2.24) is 4.90 Å². The normalized spacial score (nSPS) is 13.2. The topological polar surface area (TPSA) is 75.4 Å². The van der Waals surface area contributed by atoms with Crippen LogP contribution < -0.4 is 11.1 Å². The van der Waals surface area contributed by atoms with Gasteiger partial charge in [-0.1, -0.05) is 18.2 Å². The van der Waals surface area contributed by atoms with E-state index in [0.717, 1.165) is 37.1 Å². The fourth-order valence-corrected chi connectivity index (χ4v) is 3.08. The van der Waals surface area contributed by atoms with Crippen molar-refractivity contribution in [3.05, 3.63) is 64.7 Å². The van der Waals surface area contributed by atoms with Crippen molar-refractivity contribution in [1.29, 1.82) is 0 Å². The van der Waals surface area contributed by atoms with Crippen LogP contribution in [0.4, 0.5) is 5.69 Å². The molecule has 0 saturated carbocycles. The average molecular weight is 374 g/mol. The van der Waals surface area contributed by atoms with Gasteiger partial charge in [-0.3, -0.25) is 9.59 Å². The first kappa shape index (κ1) is 19.9. The molecule has 1 aliphatic heterocycles. The van der Waals surface area contributed by atoms with Gasteiger partial charge in [-0.25, -0.2) is 0 Å². The molecule has 2 amide bonds. The monoisotopic (exact) mass is 373 g/mol. The maximum Gasteiger partial charge on any atom is 0.255 e. The number of rotatable bonds is 4. The number of nitrogens with zero attached hydrogens (tertiary/aromatic N) is 1. The summed E-state index contributed by atoms with van der Waals surface area (Å²) in [5.41, 5.74) is 9.23. The van der Waals surface area contributed by atoms with Gasteiger partial charge in [-0.2, -0.15) is 0 Å². The van der Waals surface area contributed by atoms with E-state index in [4.69, 9.17) is 5.73 Å². The molecule has 0 bridgehead atoms. The molecule has 2 aromatic rings. The third-order valence-corrected chi connectivity index (χ3v) is 4.66. The van der Waals surface area contributed by atoms with Crippen LogP contribution in [0.3, 0.4) is 0 Å².